The number of fused-ring (bicyclic) bond motifs is 1. The molecule has 1 aliphatic rings. The molecule has 5 nitrogen and oxygen atoms in total. The zero-order valence-electron chi connectivity index (χ0n) is 11.9. The van der Waals surface area contributed by atoms with E-state index >= 15 is 0 Å². The number of carbonyl (C=O) groups is 2. The molecule has 22 heavy (non-hydrogen) atoms. The van der Waals surface area contributed by atoms with Crippen LogP contribution in [0.1, 0.15) is 42.1 Å². The van der Waals surface area contributed by atoms with Gasteiger partial charge < -0.3 is 14.8 Å². The second-order valence-electron chi connectivity index (χ2n) is 5.31. The Labute approximate surface area is 138 Å². The molecule has 0 radical (unpaired) electrons. The standard InChI is InChI=1S/C14H15BCl2O5/c1-2-3-9(18)6-8-4-7-5-10(16)12(17)11(14(19)20)13(7)22-15(8)21/h5,8,21H,2-4,6H2,1H3,(H,19,20)/t8-/m1/s1. The van der Waals surface area contributed by atoms with E-state index in [1.54, 1.807) is 0 Å². The highest BCUT2D eigenvalue weighted by molar-refractivity contribution is 6.48. The van der Waals surface area contributed by atoms with Gasteiger partial charge in [0.15, 0.2) is 0 Å². The predicted molar refractivity (Wildman–Crippen MR) is 84.0 cm³/mol. The molecule has 0 amide bonds. The monoisotopic (exact) mass is 344 g/mol. The topological polar surface area (TPSA) is 83.8 Å². The van der Waals surface area contributed by atoms with Crippen LogP contribution in [0.3, 0.4) is 0 Å². The van der Waals surface area contributed by atoms with Gasteiger partial charge in [-0.2, -0.15) is 0 Å². The van der Waals surface area contributed by atoms with E-state index in [1.807, 2.05) is 6.92 Å². The van der Waals surface area contributed by atoms with Crippen molar-refractivity contribution in [1.29, 1.82) is 0 Å². The fourth-order valence-electron chi connectivity index (χ4n) is 2.59. The first-order valence-corrected chi connectivity index (χ1v) is 7.71. The molecule has 0 saturated carbocycles. The van der Waals surface area contributed by atoms with E-state index in [-0.39, 0.29) is 33.6 Å². The Morgan fingerprint density at radius 2 is 2.14 bits per heavy atom. The summed E-state index contributed by atoms with van der Waals surface area (Å²) < 4.78 is 5.33. The number of hydrogen-bond acceptors (Lipinski definition) is 4. The van der Waals surface area contributed by atoms with Gasteiger partial charge in [-0.15, -0.1) is 0 Å². The first-order chi connectivity index (χ1) is 10.3. The van der Waals surface area contributed by atoms with Gasteiger partial charge in [0.25, 0.3) is 0 Å². The maximum absolute atomic E-state index is 11.8. The Morgan fingerprint density at radius 3 is 2.73 bits per heavy atom. The SMILES string of the molecule is CCCC(=O)C[C@H]1Cc2cc(Cl)c(Cl)c(C(=O)O)c2OB1O. The Balaban J connectivity index is 2.34. The van der Waals surface area contributed by atoms with E-state index in [9.17, 15) is 19.7 Å². The number of ketones is 1. The molecule has 0 aliphatic carbocycles. The van der Waals surface area contributed by atoms with E-state index in [4.69, 9.17) is 27.9 Å². The zero-order chi connectivity index (χ0) is 16.4. The minimum atomic E-state index is -1.28. The lowest BCUT2D eigenvalue weighted by Gasteiger charge is -2.28. The molecule has 0 saturated heterocycles. The Hall–Kier alpha value is -1.24. The summed E-state index contributed by atoms with van der Waals surface area (Å²) in [7, 11) is -1.25. The highest BCUT2D eigenvalue weighted by Gasteiger charge is 2.38. The molecule has 0 bridgehead atoms. The van der Waals surface area contributed by atoms with Crippen LogP contribution in [0.25, 0.3) is 0 Å². The van der Waals surface area contributed by atoms with Gasteiger partial charge in [0.1, 0.15) is 17.1 Å². The Bertz CT molecular complexity index is 620. The minimum absolute atomic E-state index is 0.0218. The molecular weight excluding hydrogens is 330 g/mol. The summed E-state index contributed by atoms with van der Waals surface area (Å²) in [5, 5.41) is 19.3. The van der Waals surface area contributed by atoms with Crippen LogP contribution in [0.4, 0.5) is 0 Å². The summed E-state index contributed by atoms with van der Waals surface area (Å²) in [6.07, 6.45) is 1.67. The molecule has 1 heterocycles. The number of hydrogen-bond donors (Lipinski definition) is 2. The van der Waals surface area contributed by atoms with Crippen LogP contribution in [0.5, 0.6) is 5.75 Å². The number of carboxylic acids is 1. The summed E-state index contributed by atoms with van der Waals surface area (Å²) in [6, 6.07) is 1.52. The van der Waals surface area contributed by atoms with Crippen molar-refractivity contribution in [2.24, 2.45) is 0 Å². The quantitative estimate of drug-likeness (QED) is 0.801. The number of carboxylic acid groups (broad SMARTS) is 1. The first-order valence-electron chi connectivity index (χ1n) is 6.95. The molecule has 1 aliphatic heterocycles. The molecule has 2 N–H and O–H groups in total. The van der Waals surface area contributed by atoms with Crippen molar-refractivity contribution in [3.8, 4) is 5.75 Å². The highest BCUT2D eigenvalue weighted by Crippen LogP contribution is 2.42. The minimum Gasteiger partial charge on any atom is -0.535 e. The Morgan fingerprint density at radius 1 is 1.45 bits per heavy atom. The average molecular weight is 345 g/mol. The van der Waals surface area contributed by atoms with Crippen molar-refractivity contribution >= 4 is 42.1 Å². The van der Waals surface area contributed by atoms with Gasteiger partial charge in [-0.05, 0) is 24.5 Å². The normalized spacial score (nSPS) is 16.9. The van der Waals surface area contributed by atoms with Crippen LogP contribution in [0.15, 0.2) is 6.07 Å². The van der Waals surface area contributed by atoms with Gasteiger partial charge in [-0.25, -0.2) is 4.79 Å². The van der Waals surface area contributed by atoms with Crippen molar-refractivity contribution in [2.75, 3.05) is 0 Å². The van der Waals surface area contributed by atoms with Gasteiger partial charge in [-0.3, -0.25) is 4.79 Å². The molecule has 0 unspecified atom stereocenters. The second-order valence-corrected chi connectivity index (χ2v) is 6.09. The first kappa shape index (κ1) is 17.1. The molecule has 0 spiro atoms. The zero-order valence-corrected chi connectivity index (χ0v) is 13.4. The lowest BCUT2D eigenvalue weighted by molar-refractivity contribution is -0.119. The van der Waals surface area contributed by atoms with E-state index < -0.39 is 18.9 Å². The van der Waals surface area contributed by atoms with Crippen molar-refractivity contribution in [1.82, 2.24) is 0 Å². The molecular formula is C14H15BCl2O5. The van der Waals surface area contributed by atoms with Gasteiger partial charge in [-0.1, -0.05) is 30.1 Å². The fraction of sp³-hybridized carbons (Fsp3) is 0.429. The van der Waals surface area contributed by atoms with Crippen molar-refractivity contribution < 1.29 is 24.4 Å². The van der Waals surface area contributed by atoms with Gasteiger partial charge >= 0.3 is 13.1 Å². The maximum Gasteiger partial charge on any atom is 0.526 e. The van der Waals surface area contributed by atoms with E-state index in [0.717, 1.165) is 6.42 Å². The number of benzene rings is 1. The molecule has 1 atom stereocenters. The second kappa shape index (κ2) is 6.90. The fourth-order valence-corrected chi connectivity index (χ4v) is 3.03. The summed E-state index contributed by atoms with van der Waals surface area (Å²) in [4.78, 5) is 23.1. The summed E-state index contributed by atoms with van der Waals surface area (Å²) >= 11 is 11.9. The van der Waals surface area contributed by atoms with Gasteiger partial charge in [0.2, 0.25) is 0 Å². The summed E-state index contributed by atoms with van der Waals surface area (Å²) in [5.41, 5.74) is 0.271. The number of aromatic carboxylic acids is 1. The third-order valence-electron chi connectivity index (χ3n) is 3.61. The van der Waals surface area contributed by atoms with Crippen molar-refractivity contribution in [3.63, 3.8) is 0 Å². The largest absolute Gasteiger partial charge is 0.535 e. The van der Waals surface area contributed by atoms with Crippen LogP contribution < -0.4 is 4.65 Å². The van der Waals surface area contributed by atoms with E-state index in [1.165, 1.54) is 6.07 Å². The summed E-state index contributed by atoms with van der Waals surface area (Å²) in [5.74, 6) is -1.65. The average Bonchev–Trinajstić information content (AvgIpc) is 2.42. The van der Waals surface area contributed by atoms with Crippen LogP contribution >= 0.6 is 23.2 Å². The molecule has 2 rings (SSSR count). The third-order valence-corrected chi connectivity index (χ3v) is 4.39. The van der Waals surface area contributed by atoms with Crippen LogP contribution in [0.2, 0.25) is 15.9 Å². The van der Waals surface area contributed by atoms with Crippen LogP contribution in [0, 0.1) is 0 Å². The number of Topliss-reactive ketones (excluding diaryl/α,β-unsaturated/α-hetero) is 1. The van der Waals surface area contributed by atoms with Gasteiger partial charge in [0, 0.05) is 18.7 Å². The molecule has 118 valence electrons. The summed E-state index contributed by atoms with van der Waals surface area (Å²) in [6.45, 7) is 1.90. The highest BCUT2D eigenvalue weighted by atomic mass is 35.5. The predicted octanol–water partition coefficient (Wildman–Crippen LogP) is 3.24. The molecule has 1 aromatic rings. The molecule has 8 heteroatoms. The molecule has 0 aromatic heterocycles. The number of carbonyl (C=O) groups excluding carboxylic acids is 1. The van der Waals surface area contributed by atoms with E-state index in [0.29, 0.717) is 18.4 Å². The lowest BCUT2D eigenvalue weighted by Crippen LogP contribution is -2.36. The number of halogens is 2. The third kappa shape index (κ3) is 3.40. The number of rotatable bonds is 5. The molecule has 0 fully saturated rings. The molecule has 1 aromatic carbocycles. The smallest absolute Gasteiger partial charge is 0.526 e. The van der Waals surface area contributed by atoms with Crippen LogP contribution in [-0.4, -0.2) is 29.0 Å². The maximum atomic E-state index is 11.8. The van der Waals surface area contributed by atoms with E-state index in [2.05, 4.69) is 0 Å². The van der Waals surface area contributed by atoms with Crippen molar-refractivity contribution in [3.05, 3.63) is 27.2 Å². The Kier molecular flexibility index (Phi) is 5.37. The van der Waals surface area contributed by atoms with Crippen LogP contribution in [-0.2, 0) is 11.2 Å². The van der Waals surface area contributed by atoms with Gasteiger partial charge in [0.05, 0.1) is 10.0 Å². The lowest BCUT2D eigenvalue weighted by atomic mass is 9.64. The van der Waals surface area contributed by atoms with Crippen molar-refractivity contribution in [2.45, 2.75) is 38.4 Å².